The second kappa shape index (κ2) is 8.41. The van der Waals surface area contributed by atoms with E-state index in [1.807, 2.05) is 0 Å². The lowest BCUT2D eigenvalue weighted by Crippen LogP contribution is -2.40. The van der Waals surface area contributed by atoms with E-state index in [9.17, 15) is 22.8 Å². The van der Waals surface area contributed by atoms with Crippen molar-refractivity contribution in [2.24, 2.45) is 0 Å². The van der Waals surface area contributed by atoms with Crippen molar-refractivity contribution in [3.63, 3.8) is 0 Å². The van der Waals surface area contributed by atoms with Crippen molar-refractivity contribution in [2.75, 3.05) is 18.5 Å². The van der Waals surface area contributed by atoms with E-state index in [0.717, 1.165) is 0 Å². The summed E-state index contributed by atoms with van der Waals surface area (Å²) in [5.41, 5.74) is 0.321. The normalized spacial score (nSPS) is 11.1. The Morgan fingerprint density at radius 1 is 1.19 bits per heavy atom. The quantitative estimate of drug-likeness (QED) is 0.812. The number of carbonyl (C=O) groups is 2. The minimum absolute atomic E-state index is 0.181. The Balaban J connectivity index is 2.06. The van der Waals surface area contributed by atoms with Crippen LogP contribution in [-0.4, -0.2) is 36.0 Å². The molecule has 1 N–H and O–H groups in total. The lowest BCUT2D eigenvalue weighted by atomic mass is 10.3. The van der Waals surface area contributed by atoms with E-state index in [1.165, 1.54) is 31.4 Å². The second-order valence-corrected chi connectivity index (χ2v) is 5.41. The lowest BCUT2D eigenvalue weighted by Gasteiger charge is -2.23. The highest BCUT2D eigenvalue weighted by molar-refractivity contribution is 5.90. The van der Waals surface area contributed by atoms with Crippen molar-refractivity contribution in [1.82, 2.24) is 4.90 Å². The van der Waals surface area contributed by atoms with Gasteiger partial charge in [-0.3, -0.25) is 9.59 Å². The first-order valence-corrected chi connectivity index (χ1v) is 7.61. The monoisotopic (exact) mass is 370 g/mol. The number of carbonyl (C=O) groups excluding carboxylic acids is 2. The third-order valence-electron chi connectivity index (χ3n) is 3.20. The van der Waals surface area contributed by atoms with Gasteiger partial charge in [0.2, 0.25) is 5.91 Å². The fourth-order valence-electron chi connectivity index (χ4n) is 2.16. The maximum atomic E-state index is 12.8. The molecule has 0 aliphatic rings. The van der Waals surface area contributed by atoms with Crippen LogP contribution in [0, 0.1) is 0 Å². The predicted molar refractivity (Wildman–Crippen MR) is 86.4 cm³/mol. The molecule has 0 saturated carbocycles. The van der Waals surface area contributed by atoms with Gasteiger partial charge in [0, 0.05) is 6.92 Å². The van der Waals surface area contributed by atoms with Crippen LogP contribution in [0.5, 0.6) is 5.75 Å². The van der Waals surface area contributed by atoms with Crippen molar-refractivity contribution in [1.29, 1.82) is 0 Å². The maximum Gasteiger partial charge on any atom is 0.406 e. The molecule has 26 heavy (non-hydrogen) atoms. The van der Waals surface area contributed by atoms with E-state index < -0.39 is 25.2 Å². The van der Waals surface area contributed by atoms with Crippen LogP contribution in [0.2, 0.25) is 0 Å². The van der Waals surface area contributed by atoms with Gasteiger partial charge < -0.3 is 19.4 Å². The van der Waals surface area contributed by atoms with E-state index in [4.69, 9.17) is 9.15 Å². The van der Waals surface area contributed by atoms with Gasteiger partial charge in [-0.2, -0.15) is 13.2 Å². The number of rotatable bonds is 7. The Hall–Kier alpha value is -2.97. The third-order valence-corrected chi connectivity index (χ3v) is 3.20. The number of anilines is 1. The van der Waals surface area contributed by atoms with Crippen molar-refractivity contribution >= 4 is 17.5 Å². The Morgan fingerprint density at radius 3 is 2.54 bits per heavy atom. The highest BCUT2D eigenvalue weighted by Crippen LogP contribution is 2.24. The summed E-state index contributed by atoms with van der Waals surface area (Å²) in [5.74, 6) is -0.803. The molecule has 2 rings (SSSR count). The van der Waals surface area contributed by atoms with Crippen LogP contribution in [-0.2, 0) is 16.1 Å². The molecule has 2 amide bonds. The number of para-hydroxylation sites is 2. The number of hydrogen-bond acceptors (Lipinski definition) is 4. The topological polar surface area (TPSA) is 71.8 Å². The van der Waals surface area contributed by atoms with Crippen molar-refractivity contribution < 1.29 is 31.9 Å². The lowest BCUT2D eigenvalue weighted by molar-refractivity contribution is -0.164. The fourth-order valence-corrected chi connectivity index (χ4v) is 2.16. The summed E-state index contributed by atoms with van der Waals surface area (Å²) in [4.78, 5) is 24.0. The molecule has 1 heterocycles. The molecule has 0 spiro atoms. The van der Waals surface area contributed by atoms with Gasteiger partial charge in [0.1, 0.15) is 18.1 Å². The molecule has 0 saturated heterocycles. The van der Waals surface area contributed by atoms with Crippen LogP contribution in [0.25, 0.3) is 0 Å². The van der Waals surface area contributed by atoms with Gasteiger partial charge in [-0.1, -0.05) is 12.1 Å². The third kappa shape index (κ3) is 6.15. The number of nitrogens with zero attached hydrogens (tertiary/aromatic N) is 1. The van der Waals surface area contributed by atoms with Crippen LogP contribution in [0.1, 0.15) is 12.7 Å². The number of nitrogens with one attached hydrogen (secondary N) is 1. The zero-order chi connectivity index (χ0) is 19.2. The van der Waals surface area contributed by atoms with Crippen LogP contribution in [0.3, 0.4) is 0 Å². The van der Waals surface area contributed by atoms with Gasteiger partial charge in [-0.15, -0.1) is 0 Å². The fraction of sp³-hybridized carbons (Fsp3) is 0.294. The minimum Gasteiger partial charge on any atom is -0.482 e. The molecular weight excluding hydrogens is 353 g/mol. The molecule has 6 nitrogen and oxygen atoms in total. The Bertz CT molecular complexity index is 745. The molecule has 1 aromatic carbocycles. The first-order chi connectivity index (χ1) is 12.2. The average Bonchev–Trinajstić information content (AvgIpc) is 3.04. The second-order valence-electron chi connectivity index (χ2n) is 5.41. The summed E-state index contributed by atoms with van der Waals surface area (Å²) in [5, 5.41) is 2.52. The summed E-state index contributed by atoms with van der Waals surface area (Å²) < 4.78 is 48.6. The van der Waals surface area contributed by atoms with Gasteiger partial charge in [-0.05, 0) is 24.3 Å². The van der Waals surface area contributed by atoms with Crippen LogP contribution < -0.4 is 10.1 Å². The number of alkyl halides is 3. The summed E-state index contributed by atoms with van der Waals surface area (Å²) in [6.45, 7) is -1.07. The van der Waals surface area contributed by atoms with E-state index in [-0.39, 0.29) is 24.0 Å². The van der Waals surface area contributed by atoms with Gasteiger partial charge in [0.15, 0.2) is 6.61 Å². The number of amides is 2. The predicted octanol–water partition coefficient (Wildman–Crippen LogP) is 3.21. The Labute approximate surface area is 147 Å². The molecule has 0 radical (unpaired) electrons. The van der Waals surface area contributed by atoms with Crippen molar-refractivity contribution in [3.05, 3.63) is 48.4 Å². The molecule has 0 atom stereocenters. The smallest absolute Gasteiger partial charge is 0.406 e. The number of furan rings is 1. The molecule has 9 heteroatoms. The van der Waals surface area contributed by atoms with Crippen LogP contribution in [0.4, 0.5) is 18.9 Å². The molecule has 1 aromatic heterocycles. The molecule has 0 fully saturated rings. The SMILES string of the molecule is CC(=O)Nc1ccccc1OCC(=O)N(Cc1ccco1)CC(F)(F)F. The summed E-state index contributed by atoms with van der Waals surface area (Å²) in [7, 11) is 0. The zero-order valence-corrected chi connectivity index (χ0v) is 13.9. The first kappa shape index (κ1) is 19.4. The highest BCUT2D eigenvalue weighted by atomic mass is 19.4. The summed E-state index contributed by atoms with van der Waals surface area (Å²) in [6.07, 6.45) is -3.25. The van der Waals surface area contributed by atoms with Crippen molar-refractivity contribution in [2.45, 2.75) is 19.6 Å². The summed E-state index contributed by atoms with van der Waals surface area (Å²) in [6, 6.07) is 9.31. The minimum atomic E-state index is -4.56. The molecular formula is C17H17F3N2O4. The van der Waals surface area contributed by atoms with E-state index in [0.29, 0.717) is 10.6 Å². The standard InChI is InChI=1S/C17H17F3N2O4/c1-12(23)21-14-6-2-3-7-15(14)26-10-16(24)22(11-17(18,19)20)9-13-5-4-8-25-13/h2-8H,9-11H2,1H3,(H,21,23). The number of hydrogen-bond donors (Lipinski definition) is 1. The van der Waals surface area contributed by atoms with E-state index >= 15 is 0 Å². The number of halogens is 3. The van der Waals surface area contributed by atoms with Crippen LogP contribution in [0.15, 0.2) is 47.1 Å². The first-order valence-electron chi connectivity index (χ1n) is 7.61. The molecule has 0 aliphatic heterocycles. The molecule has 2 aromatic rings. The van der Waals surface area contributed by atoms with Crippen molar-refractivity contribution in [3.8, 4) is 5.75 Å². The molecule has 0 aliphatic carbocycles. The van der Waals surface area contributed by atoms with E-state index in [1.54, 1.807) is 18.2 Å². The largest absolute Gasteiger partial charge is 0.482 e. The molecule has 0 bridgehead atoms. The van der Waals surface area contributed by atoms with Gasteiger partial charge in [-0.25, -0.2) is 0 Å². The van der Waals surface area contributed by atoms with Crippen LogP contribution >= 0.6 is 0 Å². The Kier molecular flexibility index (Phi) is 6.26. The van der Waals surface area contributed by atoms with Gasteiger partial charge >= 0.3 is 6.18 Å². The maximum absolute atomic E-state index is 12.8. The molecule has 0 unspecified atom stereocenters. The Morgan fingerprint density at radius 2 is 1.92 bits per heavy atom. The average molecular weight is 370 g/mol. The van der Waals surface area contributed by atoms with Gasteiger partial charge in [0.25, 0.3) is 5.91 Å². The zero-order valence-electron chi connectivity index (χ0n) is 13.9. The molecule has 140 valence electrons. The van der Waals surface area contributed by atoms with Gasteiger partial charge in [0.05, 0.1) is 18.5 Å². The van der Waals surface area contributed by atoms with E-state index in [2.05, 4.69) is 5.32 Å². The number of benzene rings is 1. The summed E-state index contributed by atoms with van der Waals surface area (Å²) >= 11 is 0. The highest BCUT2D eigenvalue weighted by Gasteiger charge is 2.33. The number of ether oxygens (including phenoxy) is 1.